The summed E-state index contributed by atoms with van der Waals surface area (Å²) in [5.41, 5.74) is 1.44. The van der Waals surface area contributed by atoms with E-state index in [4.69, 9.17) is 0 Å². The summed E-state index contributed by atoms with van der Waals surface area (Å²) in [7, 11) is 1.04. The third-order valence-electron chi connectivity index (χ3n) is 3.46. The first kappa shape index (κ1) is 18.5. The van der Waals surface area contributed by atoms with Crippen molar-refractivity contribution in [2.75, 3.05) is 7.11 Å². The Morgan fingerprint density at radius 3 is 2.56 bits per heavy atom. The van der Waals surface area contributed by atoms with Crippen LogP contribution in [0.15, 0.2) is 42.9 Å². The minimum atomic E-state index is -5.09. The lowest BCUT2D eigenvalue weighted by Gasteiger charge is -2.18. The maximum atomic E-state index is 12.4. The smallest absolute Gasteiger partial charge is 0.467 e. The summed E-state index contributed by atoms with van der Waals surface area (Å²) in [6.45, 7) is 0.428. The first-order valence-corrected chi connectivity index (χ1v) is 7.29. The molecule has 25 heavy (non-hydrogen) atoms. The van der Waals surface area contributed by atoms with Gasteiger partial charge in [-0.25, -0.2) is 9.78 Å². The number of esters is 1. The molecule has 0 unspecified atom stereocenters. The van der Waals surface area contributed by atoms with E-state index in [9.17, 15) is 22.8 Å². The maximum absolute atomic E-state index is 12.4. The number of alkyl halides is 3. The number of hydrogen-bond donors (Lipinski definition) is 1. The molecule has 0 saturated carbocycles. The van der Waals surface area contributed by atoms with Gasteiger partial charge in [0.15, 0.2) is 0 Å². The molecule has 0 saturated heterocycles. The lowest BCUT2D eigenvalue weighted by Crippen LogP contribution is -2.48. The van der Waals surface area contributed by atoms with E-state index in [-0.39, 0.29) is 6.42 Å². The van der Waals surface area contributed by atoms with Gasteiger partial charge in [0.2, 0.25) is 0 Å². The first-order valence-electron chi connectivity index (χ1n) is 7.29. The van der Waals surface area contributed by atoms with Crippen LogP contribution in [0.3, 0.4) is 0 Å². The molecule has 1 heterocycles. The fraction of sp³-hybridized carbons (Fsp3) is 0.312. The standard InChI is InChI=1S/C16H16F3N3O3/c1-25-14(23)13(21-15(24)16(17,18)19)7-12-8-20-10-22(12)9-11-5-3-2-4-6-11/h2-6,8,10,13H,7,9H2,1H3,(H,21,24)/t13-/m0/s1. The predicted molar refractivity (Wildman–Crippen MR) is 81.5 cm³/mol. The Morgan fingerprint density at radius 1 is 1.28 bits per heavy atom. The molecule has 0 aliphatic heterocycles. The van der Waals surface area contributed by atoms with Crippen LogP contribution in [0.25, 0.3) is 0 Å². The van der Waals surface area contributed by atoms with Gasteiger partial charge in [0, 0.05) is 24.9 Å². The number of carbonyl (C=O) groups excluding carboxylic acids is 2. The maximum Gasteiger partial charge on any atom is 0.471 e. The van der Waals surface area contributed by atoms with Crippen LogP contribution in [-0.4, -0.2) is 40.8 Å². The van der Waals surface area contributed by atoms with Crippen LogP contribution < -0.4 is 5.32 Å². The Balaban J connectivity index is 2.15. The van der Waals surface area contributed by atoms with Gasteiger partial charge in [0.05, 0.1) is 13.4 Å². The topological polar surface area (TPSA) is 73.2 Å². The number of halogens is 3. The SMILES string of the molecule is COC(=O)[C@H](Cc1cncn1Cc1ccccc1)NC(=O)C(F)(F)F. The minimum absolute atomic E-state index is 0.179. The van der Waals surface area contributed by atoms with E-state index in [1.807, 2.05) is 30.3 Å². The molecule has 1 aromatic carbocycles. The number of benzene rings is 1. The van der Waals surface area contributed by atoms with Gasteiger partial charge < -0.3 is 14.6 Å². The van der Waals surface area contributed by atoms with Crippen LogP contribution in [0.4, 0.5) is 13.2 Å². The fourth-order valence-corrected chi connectivity index (χ4v) is 2.23. The van der Waals surface area contributed by atoms with Crippen molar-refractivity contribution < 1.29 is 27.5 Å². The highest BCUT2D eigenvalue weighted by Crippen LogP contribution is 2.16. The number of aromatic nitrogens is 2. The number of ether oxygens (including phenoxy) is 1. The summed E-state index contributed by atoms with van der Waals surface area (Å²) in [5, 5.41) is 1.66. The molecule has 0 aliphatic rings. The second-order valence-corrected chi connectivity index (χ2v) is 5.25. The fourth-order valence-electron chi connectivity index (χ4n) is 2.23. The van der Waals surface area contributed by atoms with Crippen LogP contribution in [0.2, 0.25) is 0 Å². The third kappa shape index (κ3) is 5.07. The Kier molecular flexibility index (Phi) is 5.79. The molecule has 0 spiro atoms. The number of rotatable bonds is 6. The van der Waals surface area contributed by atoms with Crippen LogP contribution in [0, 0.1) is 0 Å². The molecule has 0 aliphatic carbocycles. The summed E-state index contributed by atoms with van der Waals surface area (Å²) in [4.78, 5) is 26.8. The van der Waals surface area contributed by atoms with E-state index in [0.717, 1.165) is 12.7 Å². The van der Waals surface area contributed by atoms with Crippen molar-refractivity contribution in [3.05, 3.63) is 54.1 Å². The second kappa shape index (κ2) is 7.82. The van der Waals surface area contributed by atoms with Gasteiger partial charge in [0.1, 0.15) is 6.04 Å². The molecular formula is C16H16F3N3O3. The molecule has 1 amide bonds. The lowest BCUT2D eigenvalue weighted by atomic mass is 10.1. The molecule has 134 valence electrons. The molecule has 0 fully saturated rings. The number of hydrogen-bond acceptors (Lipinski definition) is 4. The molecule has 9 heteroatoms. The monoisotopic (exact) mass is 355 g/mol. The number of amides is 1. The second-order valence-electron chi connectivity index (χ2n) is 5.25. The van der Waals surface area contributed by atoms with Crippen molar-refractivity contribution in [1.29, 1.82) is 0 Å². The highest BCUT2D eigenvalue weighted by atomic mass is 19.4. The Hall–Kier alpha value is -2.84. The normalized spacial score (nSPS) is 12.5. The summed E-state index contributed by atoms with van der Waals surface area (Å²) in [6.07, 6.45) is -2.33. The zero-order valence-corrected chi connectivity index (χ0v) is 13.3. The van der Waals surface area contributed by atoms with Gasteiger partial charge in [-0.15, -0.1) is 0 Å². The summed E-state index contributed by atoms with van der Waals surface area (Å²) >= 11 is 0. The largest absolute Gasteiger partial charge is 0.471 e. The Morgan fingerprint density at radius 2 is 1.96 bits per heavy atom. The number of carbonyl (C=O) groups is 2. The highest BCUT2D eigenvalue weighted by molar-refractivity contribution is 5.87. The number of methoxy groups -OCH3 is 1. The van der Waals surface area contributed by atoms with Crippen LogP contribution >= 0.6 is 0 Å². The van der Waals surface area contributed by atoms with E-state index in [2.05, 4.69) is 9.72 Å². The van der Waals surface area contributed by atoms with E-state index in [1.54, 1.807) is 9.88 Å². The van der Waals surface area contributed by atoms with E-state index >= 15 is 0 Å². The van der Waals surface area contributed by atoms with Gasteiger partial charge in [-0.2, -0.15) is 13.2 Å². The zero-order valence-electron chi connectivity index (χ0n) is 13.3. The van der Waals surface area contributed by atoms with Crippen molar-refractivity contribution >= 4 is 11.9 Å². The number of nitrogens with one attached hydrogen (secondary N) is 1. The summed E-state index contributed by atoms with van der Waals surface area (Å²) in [6, 6.07) is 7.86. The quantitative estimate of drug-likeness (QED) is 0.801. The van der Waals surface area contributed by atoms with E-state index in [1.165, 1.54) is 12.5 Å². The summed E-state index contributed by atoms with van der Waals surface area (Å²) in [5.74, 6) is -3.16. The molecule has 2 rings (SSSR count). The van der Waals surface area contributed by atoms with Gasteiger partial charge in [-0.05, 0) is 5.56 Å². The molecule has 2 aromatic rings. The molecule has 0 radical (unpaired) electrons. The first-order chi connectivity index (χ1) is 11.8. The van der Waals surface area contributed by atoms with Crippen LogP contribution in [0.5, 0.6) is 0 Å². The van der Waals surface area contributed by atoms with Gasteiger partial charge >= 0.3 is 18.1 Å². The van der Waals surface area contributed by atoms with Crippen molar-refractivity contribution in [2.45, 2.75) is 25.2 Å². The van der Waals surface area contributed by atoms with Crippen LogP contribution in [0.1, 0.15) is 11.3 Å². The molecular weight excluding hydrogens is 339 g/mol. The minimum Gasteiger partial charge on any atom is -0.467 e. The number of imidazole rings is 1. The molecule has 0 bridgehead atoms. The van der Waals surface area contributed by atoms with E-state index < -0.39 is 24.1 Å². The average Bonchev–Trinajstić information content (AvgIpc) is 3.00. The predicted octanol–water partition coefficient (Wildman–Crippen LogP) is 1.69. The summed E-state index contributed by atoms with van der Waals surface area (Å²) < 4.78 is 43.5. The number of nitrogens with zero attached hydrogens (tertiary/aromatic N) is 2. The van der Waals surface area contributed by atoms with Gasteiger partial charge in [-0.1, -0.05) is 30.3 Å². The van der Waals surface area contributed by atoms with Crippen molar-refractivity contribution in [3.8, 4) is 0 Å². The zero-order chi connectivity index (χ0) is 18.4. The lowest BCUT2D eigenvalue weighted by molar-refractivity contribution is -0.175. The highest BCUT2D eigenvalue weighted by Gasteiger charge is 2.41. The molecule has 1 aromatic heterocycles. The average molecular weight is 355 g/mol. The Labute approximate surface area is 141 Å². The van der Waals surface area contributed by atoms with Crippen LogP contribution in [-0.2, 0) is 27.3 Å². The van der Waals surface area contributed by atoms with Crippen molar-refractivity contribution in [1.82, 2.24) is 14.9 Å². The molecule has 6 nitrogen and oxygen atoms in total. The third-order valence-corrected chi connectivity index (χ3v) is 3.46. The van der Waals surface area contributed by atoms with Crippen molar-refractivity contribution in [3.63, 3.8) is 0 Å². The van der Waals surface area contributed by atoms with Crippen molar-refractivity contribution in [2.24, 2.45) is 0 Å². The Bertz CT molecular complexity index is 729. The van der Waals surface area contributed by atoms with Gasteiger partial charge in [-0.3, -0.25) is 4.79 Å². The molecule has 1 N–H and O–H groups in total. The van der Waals surface area contributed by atoms with Gasteiger partial charge in [0.25, 0.3) is 0 Å². The van der Waals surface area contributed by atoms with E-state index in [0.29, 0.717) is 12.2 Å². The molecule has 1 atom stereocenters.